The molecule has 1 unspecified atom stereocenters. The summed E-state index contributed by atoms with van der Waals surface area (Å²) < 4.78 is 32.8. The van der Waals surface area contributed by atoms with Crippen LogP contribution in [0, 0.1) is 19.8 Å². The highest BCUT2D eigenvalue weighted by atomic mass is 32.2. The summed E-state index contributed by atoms with van der Waals surface area (Å²) >= 11 is 0. The minimum absolute atomic E-state index is 0.0540. The van der Waals surface area contributed by atoms with Gasteiger partial charge in [0, 0.05) is 26.2 Å². The first kappa shape index (κ1) is 24.1. The van der Waals surface area contributed by atoms with Crippen molar-refractivity contribution in [2.45, 2.75) is 45.1 Å². The van der Waals surface area contributed by atoms with E-state index in [1.165, 1.54) is 4.31 Å². The molecule has 0 spiro atoms. The molecule has 3 amide bonds. The molecule has 1 aromatic carbocycles. The van der Waals surface area contributed by atoms with Gasteiger partial charge >= 0.3 is 0 Å². The average molecular weight is 489 g/mol. The third-order valence-electron chi connectivity index (χ3n) is 6.32. The van der Waals surface area contributed by atoms with E-state index < -0.39 is 27.9 Å². The summed E-state index contributed by atoms with van der Waals surface area (Å²) in [4.78, 5) is 42.3. The molecule has 0 radical (unpaired) electrons. The lowest BCUT2D eigenvalue weighted by atomic mass is 10.0. The second-order valence-corrected chi connectivity index (χ2v) is 10.8. The Hall–Kier alpha value is -3.05. The number of amides is 3. The highest BCUT2D eigenvalue weighted by Gasteiger charge is 2.45. The number of aryl methyl sites for hydroxylation is 2. The van der Waals surface area contributed by atoms with Crippen LogP contribution in [0.3, 0.4) is 0 Å². The third kappa shape index (κ3) is 3.92. The maximum absolute atomic E-state index is 13.6. The fraction of sp³-hybridized carbons (Fsp3) is 0.478. The lowest BCUT2D eigenvalue weighted by Gasteiger charge is -2.33. The Morgan fingerprint density at radius 3 is 2.15 bits per heavy atom. The van der Waals surface area contributed by atoms with Crippen LogP contribution < -0.4 is 0 Å². The minimum Gasteiger partial charge on any atom is -0.360 e. The molecule has 0 bridgehead atoms. The standard InChI is InChI=1S/C23H28N4O6S/c1-14(2)19(27-21(28)17-8-5-6-9-18(17)22(27)29)23(30)25-10-7-11-26(13-12-25)34(31,32)20-15(3)24-33-16(20)4/h5-6,8-9,14,19H,7,10-13H2,1-4H3. The van der Waals surface area contributed by atoms with Crippen molar-refractivity contribution in [2.75, 3.05) is 26.2 Å². The lowest BCUT2D eigenvalue weighted by molar-refractivity contribution is -0.136. The van der Waals surface area contributed by atoms with Crippen molar-refractivity contribution in [3.8, 4) is 0 Å². The lowest BCUT2D eigenvalue weighted by Crippen LogP contribution is -2.54. The van der Waals surface area contributed by atoms with E-state index in [4.69, 9.17) is 4.52 Å². The number of hydrogen-bond acceptors (Lipinski definition) is 7. The van der Waals surface area contributed by atoms with Crippen LogP contribution in [-0.4, -0.2) is 77.6 Å². The summed E-state index contributed by atoms with van der Waals surface area (Å²) in [6.07, 6.45) is 0.418. The molecule has 34 heavy (non-hydrogen) atoms. The van der Waals surface area contributed by atoms with Gasteiger partial charge in [0.15, 0.2) is 5.76 Å². The van der Waals surface area contributed by atoms with Gasteiger partial charge in [-0.1, -0.05) is 31.1 Å². The number of imide groups is 1. The highest BCUT2D eigenvalue weighted by molar-refractivity contribution is 7.89. The van der Waals surface area contributed by atoms with Gasteiger partial charge in [-0.05, 0) is 38.3 Å². The maximum atomic E-state index is 13.6. The fourth-order valence-electron chi connectivity index (χ4n) is 4.67. The molecule has 1 atom stereocenters. The number of rotatable bonds is 5. The second kappa shape index (κ2) is 8.95. The molecule has 2 aliphatic heterocycles. The van der Waals surface area contributed by atoms with Crippen LogP contribution in [0.5, 0.6) is 0 Å². The number of fused-ring (bicyclic) bond motifs is 1. The summed E-state index contributed by atoms with van der Waals surface area (Å²) in [5.74, 6) is -1.42. The minimum atomic E-state index is -3.84. The van der Waals surface area contributed by atoms with Crippen molar-refractivity contribution in [3.63, 3.8) is 0 Å². The van der Waals surface area contributed by atoms with Crippen LogP contribution in [0.1, 0.15) is 52.4 Å². The van der Waals surface area contributed by atoms with Crippen molar-refractivity contribution >= 4 is 27.7 Å². The molecule has 3 heterocycles. The van der Waals surface area contributed by atoms with E-state index in [9.17, 15) is 22.8 Å². The first-order chi connectivity index (χ1) is 16.1. The molecular weight excluding hydrogens is 460 g/mol. The zero-order valence-electron chi connectivity index (χ0n) is 19.6. The van der Waals surface area contributed by atoms with E-state index in [1.807, 2.05) is 0 Å². The van der Waals surface area contributed by atoms with Crippen molar-refractivity contribution in [1.82, 2.24) is 19.3 Å². The number of carbonyl (C=O) groups is 3. The second-order valence-electron chi connectivity index (χ2n) is 8.95. The molecule has 0 saturated carbocycles. The van der Waals surface area contributed by atoms with Crippen LogP contribution in [0.2, 0.25) is 0 Å². The first-order valence-corrected chi connectivity index (χ1v) is 12.7. The first-order valence-electron chi connectivity index (χ1n) is 11.2. The molecule has 0 N–H and O–H groups in total. The van der Waals surface area contributed by atoms with Crippen molar-refractivity contribution in [3.05, 3.63) is 46.8 Å². The number of carbonyl (C=O) groups excluding carboxylic acids is 3. The molecule has 2 aliphatic rings. The van der Waals surface area contributed by atoms with E-state index in [0.717, 1.165) is 4.90 Å². The SMILES string of the molecule is Cc1noc(C)c1S(=O)(=O)N1CCCN(C(=O)C(C(C)C)N2C(=O)c3ccccc3C2=O)CC1. The molecule has 4 rings (SSSR count). The van der Waals surface area contributed by atoms with Crippen molar-refractivity contribution in [2.24, 2.45) is 5.92 Å². The van der Waals surface area contributed by atoms with E-state index in [-0.39, 0.29) is 42.1 Å². The Bertz CT molecular complexity index is 1200. The monoisotopic (exact) mass is 488 g/mol. The summed E-state index contributed by atoms with van der Waals surface area (Å²) in [5.41, 5.74) is 0.872. The number of sulfonamides is 1. The van der Waals surface area contributed by atoms with Gasteiger partial charge in [0.05, 0.1) is 11.1 Å². The highest BCUT2D eigenvalue weighted by Crippen LogP contribution is 2.29. The van der Waals surface area contributed by atoms with Crippen LogP contribution in [0.25, 0.3) is 0 Å². The smallest absolute Gasteiger partial charge is 0.262 e. The van der Waals surface area contributed by atoms with E-state index in [0.29, 0.717) is 29.8 Å². The van der Waals surface area contributed by atoms with Gasteiger partial charge in [-0.2, -0.15) is 4.31 Å². The van der Waals surface area contributed by atoms with E-state index in [1.54, 1.807) is 56.9 Å². The Balaban J connectivity index is 1.55. The van der Waals surface area contributed by atoms with Gasteiger partial charge in [-0.3, -0.25) is 19.3 Å². The molecule has 10 nitrogen and oxygen atoms in total. The van der Waals surface area contributed by atoms with Crippen LogP contribution in [0.15, 0.2) is 33.7 Å². The van der Waals surface area contributed by atoms with Crippen LogP contribution >= 0.6 is 0 Å². The Morgan fingerprint density at radius 2 is 1.62 bits per heavy atom. The average Bonchev–Trinajstić information content (AvgIpc) is 3.12. The topological polar surface area (TPSA) is 121 Å². The molecular formula is C23H28N4O6S. The molecule has 1 saturated heterocycles. The quantitative estimate of drug-likeness (QED) is 0.589. The summed E-state index contributed by atoms with van der Waals surface area (Å²) in [5, 5.41) is 3.75. The molecule has 1 aromatic heterocycles. The molecule has 182 valence electrons. The summed E-state index contributed by atoms with van der Waals surface area (Å²) in [7, 11) is -3.84. The van der Waals surface area contributed by atoms with Gasteiger partial charge in [-0.25, -0.2) is 8.42 Å². The summed E-state index contributed by atoms with van der Waals surface area (Å²) in [6, 6.07) is 5.56. The number of nitrogens with zero attached hydrogens (tertiary/aromatic N) is 4. The Morgan fingerprint density at radius 1 is 1.00 bits per heavy atom. The summed E-state index contributed by atoms with van der Waals surface area (Å²) in [6.45, 7) is 7.49. The fourth-order valence-corrected chi connectivity index (χ4v) is 6.43. The molecule has 11 heteroatoms. The van der Waals surface area contributed by atoms with Crippen molar-refractivity contribution < 1.29 is 27.3 Å². The van der Waals surface area contributed by atoms with Crippen LogP contribution in [-0.2, 0) is 14.8 Å². The van der Waals surface area contributed by atoms with Gasteiger partial charge in [0.2, 0.25) is 15.9 Å². The molecule has 0 aliphatic carbocycles. The van der Waals surface area contributed by atoms with E-state index in [2.05, 4.69) is 5.16 Å². The zero-order chi connectivity index (χ0) is 24.8. The maximum Gasteiger partial charge on any atom is 0.262 e. The molecule has 1 fully saturated rings. The van der Waals surface area contributed by atoms with E-state index >= 15 is 0 Å². The van der Waals surface area contributed by atoms with Gasteiger partial charge in [0.25, 0.3) is 11.8 Å². The zero-order valence-corrected chi connectivity index (χ0v) is 20.5. The molecule has 2 aromatic rings. The predicted octanol–water partition coefficient (Wildman–Crippen LogP) is 1.84. The largest absolute Gasteiger partial charge is 0.360 e. The third-order valence-corrected chi connectivity index (χ3v) is 8.46. The van der Waals surface area contributed by atoms with Gasteiger partial charge in [-0.15, -0.1) is 0 Å². The number of aromatic nitrogens is 1. The number of benzene rings is 1. The van der Waals surface area contributed by atoms with Gasteiger partial charge < -0.3 is 9.42 Å². The van der Waals surface area contributed by atoms with Gasteiger partial charge in [0.1, 0.15) is 16.6 Å². The van der Waals surface area contributed by atoms with Crippen LogP contribution in [0.4, 0.5) is 0 Å². The van der Waals surface area contributed by atoms with Crippen molar-refractivity contribution in [1.29, 1.82) is 0 Å². The normalized spacial score (nSPS) is 18.4. The Labute approximate surface area is 198 Å². The predicted molar refractivity (Wildman–Crippen MR) is 122 cm³/mol. The number of hydrogen-bond donors (Lipinski definition) is 0. The Kier molecular flexibility index (Phi) is 6.34.